The van der Waals surface area contributed by atoms with E-state index in [0.29, 0.717) is 17.3 Å². The van der Waals surface area contributed by atoms with Crippen molar-refractivity contribution in [3.8, 4) is 0 Å². The summed E-state index contributed by atoms with van der Waals surface area (Å²) in [5.41, 5.74) is 0.665. The fourth-order valence-corrected chi connectivity index (χ4v) is 1.74. The lowest BCUT2D eigenvalue weighted by Crippen LogP contribution is -2.29. The summed E-state index contributed by atoms with van der Waals surface area (Å²) in [5, 5.41) is 12.3. The highest BCUT2D eigenvalue weighted by molar-refractivity contribution is 7.98. The zero-order valence-corrected chi connectivity index (χ0v) is 10.4. The fraction of sp³-hybridized carbons (Fsp3) is 0.400. The van der Waals surface area contributed by atoms with E-state index in [-0.39, 0.29) is 0 Å². The van der Waals surface area contributed by atoms with Gasteiger partial charge in [0.15, 0.2) is 0 Å². The molecule has 4 nitrogen and oxygen atoms in total. The summed E-state index contributed by atoms with van der Waals surface area (Å²) in [6, 6.07) is 2.75. The Balaban J connectivity index is 2.60. The van der Waals surface area contributed by atoms with Crippen LogP contribution in [0.5, 0.6) is 0 Å². The van der Waals surface area contributed by atoms with E-state index in [1.54, 1.807) is 23.9 Å². The molecule has 16 heavy (non-hydrogen) atoms. The maximum absolute atomic E-state index is 11.0. The molecule has 0 amide bonds. The molecule has 1 heterocycles. The molecule has 0 aromatic carbocycles. The normalized spacial score (nSPS) is 12.1. The average molecular weight is 261 g/mol. The lowest BCUT2D eigenvalue weighted by molar-refractivity contribution is -0.137. The minimum atomic E-state index is -0.857. The highest BCUT2D eigenvalue weighted by atomic mass is 35.5. The van der Waals surface area contributed by atoms with Gasteiger partial charge in [0.25, 0.3) is 0 Å². The quantitative estimate of drug-likeness (QED) is 0.769. The minimum absolute atomic E-state index is 0.390. The Hall–Kier alpha value is -0.940. The van der Waals surface area contributed by atoms with E-state index in [4.69, 9.17) is 16.7 Å². The molecule has 0 aliphatic carbocycles. The van der Waals surface area contributed by atoms with Crippen LogP contribution in [-0.2, 0) is 4.79 Å². The Morgan fingerprint density at radius 2 is 2.44 bits per heavy atom. The number of hydrogen-bond acceptors (Lipinski definition) is 4. The molecule has 0 unspecified atom stereocenters. The second-order valence-corrected chi connectivity index (χ2v) is 4.56. The molecule has 2 N–H and O–H groups in total. The van der Waals surface area contributed by atoms with Crippen LogP contribution < -0.4 is 5.32 Å². The first-order valence-electron chi connectivity index (χ1n) is 4.73. The van der Waals surface area contributed by atoms with E-state index in [0.717, 1.165) is 5.75 Å². The van der Waals surface area contributed by atoms with Gasteiger partial charge in [-0.25, -0.2) is 9.78 Å². The first-order chi connectivity index (χ1) is 7.63. The number of carboxylic acid groups (broad SMARTS) is 1. The molecule has 1 aromatic rings. The average Bonchev–Trinajstić information content (AvgIpc) is 2.26. The Labute approximate surface area is 103 Å². The molecular weight excluding hydrogens is 248 g/mol. The molecule has 0 spiro atoms. The topological polar surface area (TPSA) is 62.2 Å². The summed E-state index contributed by atoms with van der Waals surface area (Å²) in [7, 11) is 0. The van der Waals surface area contributed by atoms with Crippen molar-refractivity contribution >= 4 is 35.0 Å². The Bertz CT molecular complexity index is 345. The predicted molar refractivity (Wildman–Crippen MR) is 67.3 cm³/mol. The number of nitrogens with zero attached hydrogens (tertiary/aromatic N) is 1. The molecule has 0 saturated heterocycles. The lowest BCUT2D eigenvalue weighted by Gasteiger charge is -2.14. The zero-order chi connectivity index (χ0) is 12.0. The van der Waals surface area contributed by atoms with Gasteiger partial charge < -0.3 is 10.4 Å². The van der Waals surface area contributed by atoms with Crippen LogP contribution in [0, 0.1) is 0 Å². The molecule has 0 saturated carbocycles. The molecule has 88 valence electrons. The summed E-state index contributed by atoms with van der Waals surface area (Å²) in [4.78, 5) is 14.8. The molecule has 0 radical (unpaired) electrons. The third-order valence-corrected chi connectivity index (χ3v) is 2.84. The number of hydrogen-bond donors (Lipinski definition) is 2. The van der Waals surface area contributed by atoms with Gasteiger partial charge in [-0.3, -0.25) is 0 Å². The Kier molecular flexibility index (Phi) is 5.42. The van der Waals surface area contributed by atoms with E-state index < -0.39 is 12.0 Å². The second-order valence-electron chi connectivity index (χ2n) is 3.19. The molecule has 1 aromatic heterocycles. The molecule has 6 heteroatoms. The van der Waals surface area contributed by atoms with Crippen molar-refractivity contribution in [3.05, 3.63) is 23.5 Å². The molecule has 0 aliphatic heterocycles. The highest BCUT2D eigenvalue weighted by Crippen LogP contribution is 2.13. The van der Waals surface area contributed by atoms with Crippen molar-refractivity contribution in [2.45, 2.75) is 12.5 Å². The van der Waals surface area contributed by atoms with Crippen molar-refractivity contribution in [3.63, 3.8) is 0 Å². The van der Waals surface area contributed by atoms with Gasteiger partial charge in [0.05, 0.1) is 11.9 Å². The fourth-order valence-electron chi connectivity index (χ4n) is 1.16. The van der Waals surface area contributed by atoms with Gasteiger partial charge in [-0.05, 0) is 30.6 Å². The van der Waals surface area contributed by atoms with Crippen LogP contribution >= 0.6 is 23.4 Å². The third-order valence-electron chi connectivity index (χ3n) is 1.98. The van der Waals surface area contributed by atoms with Crippen LogP contribution in [0.25, 0.3) is 0 Å². The number of anilines is 1. The van der Waals surface area contributed by atoms with Crippen LogP contribution in [0.3, 0.4) is 0 Å². The number of aromatic nitrogens is 1. The minimum Gasteiger partial charge on any atom is -0.480 e. The standard InChI is InChI=1S/C10H13ClN2O2S/c1-16-5-4-8(10(14)15)13-7-2-3-9(11)12-6-7/h2-3,6,8,13H,4-5H2,1H3,(H,14,15)/t8-/m0/s1. The Morgan fingerprint density at radius 3 is 2.94 bits per heavy atom. The molecule has 1 atom stereocenters. The predicted octanol–water partition coefficient (Wildman–Crippen LogP) is 2.35. The van der Waals surface area contributed by atoms with Crippen LogP contribution in [0.4, 0.5) is 5.69 Å². The monoisotopic (exact) mass is 260 g/mol. The largest absolute Gasteiger partial charge is 0.480 e. The van der Waals surface area contributed by atoms with E-state index in [1.807, 2.05) is 6.26 Å². The number of halogens is 1. The second kappa shape index (κ2) is 6.60. The van der Waals surface area contributed by atoms with E-state index in [9.17, 15) is 4.79 Å². The number of thioether (sulfide) groups is 1. The number of carbonyl (C=O) groups is 1. The summed E-state index contributed by atoms with van der Waals surface area (Å²) in [6.07, 6.45) is 4.04. The van der Waals surface area contributed by atoms with E-state index >= 15 is 0 Å². The van der Waals surface area contributed by atoms with Crippen LogP contribution in [0.1, 0.15) is 6.42 Å². The molecule has 0 aliphatic rings. The van der Waals surface area contributed by atoms with Crippen LogP contribution in [-0.4, -0.2) is 34.1 Å². The SMILES string of the molecule is CSCC[C@H](Nc1ccc(Cl)nc1)C(=O)O. The number of pyridine rings is 1. The van der Waals surface area contributed by atoms with Crippen molar-refractivity contribution in [1.82, 2.24) is 4.98 Å². The van der Waals surface area contributed by atoms with Gasteiger partial charge >= 0.3 is 5.97 Å². The summed E-state index contributed by atoms with van der Waals surface area (Å²) in [5.74, 6) is -0.0608. The molecule has 1 rings (SSSR count). The molecule has 0 fully saturated rings. The lowest BCUT2D eigenvalue weighted by atomic mass is 10.2. The van der Waals surface area contributed by atoms with Crippen molar-refractivity contribution in [2.75, 3.05) is 17.3 Å². The van der Waals surface area contributed by atoms with Gasteiger partial charge in [0.1, 0.15) is 11.2 Å². The number of carboxylic acids is 1. The van der Waals surface area contributed by atoms with Gasteiger partial charge in [-0.1, -0.05) is 11.6 Å². The Morgan fingerprint density at radius 1 is 1.69 bits per heavy atom. The number of aliphatic carboxylic acids is 1. The number of nitrogens with one attached hydrogen (secondary N) is 1. The maximum Gasteiger partial charge on any atom is 0.326 e. The maximum atomic E-state index is 11.0. The van der Waals surface area contributed by atoms with Crippen LogP contribution in [0.15, 0.2) is 18.3 Å². The third kappa shape index (κ3) is 4.28. The summed E-state index contributed by atoms with van der Waals surface area (Å²) in [6.45, 7) is 0. The van der Waals surface area contributed by atoms with Crippen molar-refractivity contribution < 1.29 is 9.90 Å². The number of rotatable bonds is 6. The van der Waals surface area contributed by atoms with E-state index in [1.165, 1.54) is 6.20 Å². The van der Waals surface area contributed by atoms with Gasteiger partial charge in [0, 0.05) is 0 Å². The highest BCUT2D eigenvalue weighted by Gasteiger charge is 2.16. The van der Waals surface area contributed by atoms with Gasteiger partial charge in [0.2, 0.25) is 0 Å². The first-order valence-corrected chi connectivity index (χ1v) is 6.50. The molecule has 0 bridgehead atoms. The molecular formula is C10H13ClN2O2S. The van der Waals surface area contributed by atoms with Gasteiger partial charge in [-0.15, -0.1) is 0 Å². The van der Waals surface area contributed by atoms with Gasteiger partial charge in [-0.2, -0.15) is 11.8 Å². The van der Waals surface area contributed by atoms with Crippen molar-refractivity contribution in [1.29, 1.82) is 0 Å². The van der Waals surface area contributed by atoms with Crippen LogP contribution in [0.2, 0.25) is 5.15 Å². The zero-order valence-electron chi connectivity index (χ0n) is 8.81. The smallest absolute Gasteiger partial charge is 0.326 e. The first kappa shape index (κ1) is 13.1. The summed E-state index contributed by atoms with van der Waals surface area (Å²) >= 11 is 7.26. The van der Waals surface area contributed by atoms with Crippen molar-refractivity contribution in [2.24, 2.45) is 0 Å². The van der Waals surface area contributed by atoms with E-state index in [2.05, 4.69) is 10.3 Å². The summed E-state index contributed by atoms with van der Waals surface area (Å²) < 4.78 is 0.